The van der Waals surface area contributed by atoms with Gasteiger partial charge < -0.3 is 29.7 Å². The fraction of sp³-hybridized carbons (Fsp3) is 0.333. The Labute approximate surface area is 233 Å². The third-order valence-electron chi connectivity index (χ3n) is 6.59. The SMILES string of the molecule is COCc1nc(-c2cc(C(=O)OC)c(C)cc2C)c(C)[nH]1.Cc1cc(C)c(-c2nc(CO)[nH]c2C)cc1C(=O)O. The summed E-state index contributed by atoms with van der Waals surface area (Å²) in [7, 11) is 3.02. The first-order chi connectivity index (χ1) is 18.9. The molecule has 0 atom stereocenters. The zero-order chi connectivity index (χ0) is 29.7. The zero-order valence-corrected chi connectivity index (χ0v) is 24.1. The highest BCUT2D eigenvalue weighted by Gasteiger charge is 2.18. The van der Waals surface area contributed by atoms with E-state index in [0.29, 0.717) is 23.7 Å². The number of rotatable bonds is 7. The van der Waals surface area contributed by atoms with Crippen molar-refractivity contribution in [1.29, 1.82) is 0 Å². The van der Waals surface area contributed by atoms with Crippen molar-refractivity contribution in [1.82, 2.24) is 19.9 Å². The second-order valence-electron chi connectivity index (χ2n) is 9.67. The molecule has 2 heterocycles. The standard InChI is InChI=1S/C16H20N2O3.C14H16N2O3/c1-9-6-10(2)13(16(19)21-5)7-12(9)15-11(3)17-14(18-15)8-20-4;1-7-4-8(2)11(14(18)19)5-10(7)13-9(3)15-12(6-17)16-13/h6-7H,8H2,1-5H3,(H,17,18);4-5,17H,6H2,1-3H3,(H,15,16)(H,18,19). The van der Waals surface area contributed by atoms with Crippen LogP contribution in [-0.2, 0) is 22.7 Å². The molecular formula is C30H36N4O6. The van der Waals surface area contributed by atoms with Gasteiger partial charge in [-0.05, 0) is 75.9 Å². The zero-order valence-electron chi connectivity index (χ0n) is 24.1. The quantitative estimate of drug-likeness (QED) is 0.232. The number of aliphatic hydroxyl groups is 1. The maximum atomic E-state index is 11.9. The van der Waals surface area contributed by atoms with E-state index in [-0.39, 0.29) is 18.1 Å². The molecule has 4 N–H and O–H groups in total. The Morgan fingerprint density at radius 3 is 1.68 bits per heavy atom. The Balaban J connectivity index is 0.000000222. The number of aryl methyl sites for hydroxylation is 6. The Hall–Kier alpha value is -4.28. The van der Waals surface area contributed by atoms with Crippen molar-refractivity contribution in [2.24, 2.45) is 0 Å². The van der Waals surface area contributed by atoms with Gasteiger partial charge in [0.1, 0.15) is 24.9 Å². The normalized spacial score (nSPS) is 10.7. The number of hydrogen-bond donors (Lipinski definition) is 4. The molecule has 2 aromatic heterocycles. The smallest absolute Gasteiger partial charge is 0.338 e. The molecule has 0 saturated carbocycles. The van der Waals surface area contributed by atoms with Gasteiger partial charge in [0.25, 0.3) is 0 Å². The van der Waals surface area contributed by atoms with Crippen molar-refractivity contribution in [3.63, 3.8) is 0 Å². The van der Waals surface area contributed by atoms with E-state index in [9.17, 15) is 14.7 Å². The number of nitrogens with zero attached hydrogens (tertiary/aromatic N) is 2. The second kappa shape index (κ2) is 12.7. The minimum absolute atomic E-state index is 0.169. The van der Waals surface area contributed by atoms with E-state index in [4.69, 9.17) is 14.6 Å². The number of nitrogens with one attached hydrogen (secondary N) is 2. The first-order valence-electron chi connectivity index (χ1n) is 12.7. The van der Waals surface area contributed by atoms with E-state index in [1.807, 2.05) is 52.8 Å². The van der Waals surface area contributed by atoms with E-state index in [1.54, 1.807) is 20.1 Å². The molecule has 0 bridgehead atoms. The van der Waals surface area contributed by atoms with Crippen LogP contribution in [0.5, 0.6) is 0 Å². The van der Waals surface area contributed by atoms with Crippen molar-refractivity contribution < 1.29 is 29.3 Å². The lowest BCUT2D eigenvalue weighted by atomic mass is 9.97. The molecule has 0 aliphatic carbocycles. The largest absolute Gasteiger partial charge is 0.478 e. The number of H-pyrrole nitrogens is 2. The molecule has 0 aliphatic rings. The van der Waals surface area contributed by atoms with Crippen molar-refractivity contribution in [2.75, 3.05) is 14.2 Å². The molecule has 0 saturated heterocycles. The van der Waals surface area contributed by atoms with Crippen LogP contribution in [0.2, 0.25) is 0 Å². The topological polar surface area (TPSA) is 150 Å². The van der Waals surface area contributed by atoms with E-state index in [1.165, 1.54) is 7.11 Å². The summed E-state index contributed by atoms with van der Waals surface area (Å²) < 4.78 is 9.93. The van der Waals surface area contributed by atoms with Gasteiger partial charge in [0.05, 0.1) is 29.6 Å². The molecule has 2 aromatic carbocycles. The molecule has 10 nitrogen and oxygen atoms in total. The van der Waals surface area contributed by atoms with Gasteiger partial charge in [-0.2, -0.15) is 0 Å². The predicted octanol–water partition coefficient (Wildman–Crippen LogP) is 5.13. The number of esters is 1. The van der Waals surface area contributed by atoms with Crippen LogP contribution in [0.3, 0.4) is 0 Å². The predicted molar refractivity (Wildman–Crippen MR) is 151 cm³/mol. The number of aromatic nitrogens is 4. The van der Waals surface area contributed by atoms with Gasteiger partial charge in [-0.25, -0.2) is 19.6 Å². The Kier molecular flexibility index (Phi) is 9.62. The monoisotopic (exact) mass is 548 g/mol. The van der Waals surface area contributed by atoms with Crippen molar-refractivity contribution in [2.45, 2.75) is 54.8 Å². The molecule has 4 rings (SSSR count). The molecule has 0 amide bonds. The van der Waals surface area contributed by atoms with Gasteiger partial charge in [0.2, 0.25) is 0 Å². The molecule has 4 aromatic rings. The lowest BCUT2D eigenvalue weighted by molar-refractivity contribution is 0.0599. The number of methoxy groups -OCH3 is 2. The fourth-order valence-electron chi connectivity index (χ4n) is 4.62. The van der Waals surface area contributed by atoms with Gasteiger partial charge in [-0.3, -0.25) is 0 Å². The highest BCUT2D eigenvalue weighted by Crippen LogP contribution is 2.29. The maximum absolute atomic E-state index is 11.9. The molecule has 0 spiro atoms. The van der Waals surface area contributed by atoms with Crippen LogP contribution in [0.4, 0.5) is 0 Å². The van der Waals surface area contributed by atoms with Crippen molar-refractivity contribution in [3.8, 4) is 22.5 Å². The number of carbonyl (C=O) groups excluding carboxylic acids is 1. The maximum Gasteiger partial charge on any atom is 0.338 e. The summed E-state index contributed by atoms with van der Waals surface area (Å²) in [6, 6.07) is 7.30. The number of aromatic carboxylic acids is 1. The Morgan fingerprint density at radius 1 is 0.750 bits per heavy atom. The highest BCUT2D eigenvalue weighted by atomic mass is 16.5. The minimum atomic E-state index is -0.950. The Bertz CT molecular complexity index is 1550. The average Bonchev–Trinajstić information content (AvgIpc) is 3.45. The van der Waals surface area contributed by atoms with Crippen molar-refractivity contribution >= 4 is 11.9 Å². The summed E-state index contributed by atoms with van der Waals surface area (Å²) in [6.45, 7) is 11.7. The van der Waals surface area contributed by atoms with Crippen LogP contribution in [0.15, 0.2) is 24.3 Å². The van der Waals surface area contributed by atoms with Crippen LogP contribution >= 0.6 is 0 Å². The van der Waals surface area contributed by atoms with Crippen LogP contribution in [-0.4, -0.2) is 56.3 Å². The number of carbonyl (C=O) groups is 2. The number of carboxylic acid groups (broad SMARTS) is 1. The number of benzene rings is 2. The van der Waals surface area contributed by atoms with Gasteiger partial charge in [0, 0.05) is 29.6 Å². The molecule has 212 valence electrons. The Morgan fingerprint density at radius 2 is 1.23 bits per heavy atom. The lowest BCUT2D eigenvalue weighted by Gasteiger charge is -2.10. The summed E-state index contributed by atoms with van der Waals surface area (Å²) in [5.74, 6) is -0.0395. The van der Waals surface area contributed by atoms with Gasteiger partial charge in [-0.1, -0.05) is 12.1 Å². The van der Waals surface area contributed by atoms with Gasteiger partial charge in [0.15, 0.2) is 0 Å². The number of carboxylic acids is 1. The highest BCUT2D eigenvalue weighted by molar-refractivity contribution is 5.93. The fourth-order valence-corrected chi connectivity index (χ4v) is 4.62. The number of aromatic amines is 2. The van der Waals surface area contributed by atoms with E-state index >= 15 is 0 Å². The number of ether oxygens (including phenoxy) is 2. The molecule has 0 unspecified atom stereocenters. The molecule has 0 fully saturated rings. The lowest BCUT2D eigenvalue weighted by Crippen LogP contribution is -2.05. The minimum Gasteiger partial charge on any atom is -0.478 e. The number of hydrogen-bond acceptors (Lipinski definition) is 7. The molecule has 0 radical (unpaired) electrons. The first kappa shape index (κ1) is 30.3. The van der Waals surface area contributed by atoms with Gasteiger partial charge in [-0.15, -0.1) is 0 Å². The van der Waals surface area contributed by atoms with Crippen LogP contribution in [0.1, 0.15) is 66.0 Å². The third kappa shape index (κ3) is 6.47. The number of aliphatic hydroxyl groups excluding tert-OH is 1. The molecule has 40 heavy (non-hydrogen) atoms. The summed E-state index contributed by atoms with van der Waals surface area (Å²) in [6.07, 6.45) is 0. The van der Waals surface area contributed by atoms with Crippen LogP contribution in [0, 0.1) is 41.5 Å². The first-order valence-corrected chi connectivity index (χ1v) is 12.7. The van der Waals surface area contributed by atoms with Gasteiger partial charge >= 0.3 is 11.9 Å². The average molecular weight is 549 g/mol. The summed E-state index contributed by atoms with van der Waals surface area (Å²) in [5.41, 5.74) is 9.47. The molecule has 0 aliphatic heterocycles. The molecule has 10 heteroatoms. The summed E-state index contributed by atoms with van der Waals surface area (Å²) in [5, 5.41) is 18.3. The number of imidazole rings is 2. The molecular weight excluding hydrogens is 512 g/mol. The van der Waals surface area contributed by atoms with Crippen LogP contribution < -0.4 is 0 Å². The van der Waals surface area contributed by atoms with Crippen molar-refractivity contribution in [3.05, 3.63) is 80.7 Å². The van der Waals surface area contributed by atoms with Crippen LogP contribution in [0.25, 0.3) is 22.5 Å². The summed E-state index contributed by atoms with van der Waals surface area (Å²) >= 11 is 0. The second-order valence-corrected chi connectivity index (χ2v) is 9.67. The van der Waals surface area contributed by atoms with E-state index in [2.05, 4.69) is 19.9 Å². The third-order valence-corrected chi connectivity index (χ3v) is 6.59. The summed E-state index contributed by atoms with van der Waals surface area (Å²) in [4.78, 5) is 38.1. The van der Waals surface area contributed by atoms with E-state index in [0.717, 1.165) is 56.3 Å². The van der Waals surface area contributed by atoms with E-state index < -0.39 is 5.97 Å².